The van der Waals surface area contributed by atoms with Crippen LogP contribution in [0.4, 0.5) is 9.59 Å². The normalized spacial score (nSPS) is 26.4. The van der Waals surface area contributed by atoms with Crippen LogP contribution in [0.25, 0.3) is 0 Å². The SMILES string of the molecule is CC(C)(COCC(C)(C)COC(=O)OC1CCCCC1O)COC(=O)OC1CCCCC1O. The predicted molar refractivity (Wildman–Crippen MR) is 120 cm³/mol. The van der Waals surface area contributed by atoms with Crippen LogP contribution in [-0.2, 0) is 23.7 Å². The van der Waals surface area contributed by atoms with E-state index in [-0.39, 0.29) is 13.2 Å². The van der Waals surface area contributed by atoms with Gasteiger partial charge in [-0.2, -0.15) is 0 Å². The fourth-order valence-electron chi connectivity index (χ4n) is 3.94. The van der Waals surface area contributed by atoms with Crippen LogP contribution < -0.4 is 0 Å². The summed E-state index contributed by atoms with van der Waals surface area (Å²) in [7, 11) is 0. The average molecular weight is 475 g/mol. The minimum absolute atomic E-state index is 0.113. The van der Waals surface area contributed by atoms with Gasteiger partial charge in [0.25, 0.3) is 0 Å². The van der Waals surface area contributed by atoms with Crippen LogP contribution in [-0.4, -0.2) is 73.4 Å². The Morgan fingerprint density at radius 3 is 1.39 bits per heavy atom. The molecular formula is C24H42O9. The van der Waals surface area contributed by atoms with Crippen LogP contribution in [0.5, 0.6) is 0 Å². The molecule has 2 fully saturated rings. The van der Waals surface area contributed by atoms with Crippen molar-refractivity contribution < 1.29 is 43.5 Å². The van der Waals surface area contributed by atoms with E-state index in [9.17, 15) is 19.8 Å². The van der Waals surface area contributed by atoms with E-state index in [1.54, 1.807) is 0 Å². The maximum atomic E-state index is 12.0. The van der Waals surface area contributed by atoms with Gasteiger partial charge >= 0.3 is 12.3 Å². The van der Waals surface area contributed by atoms with Crippen molar-refractivity contribution in [2.24, 2.45) is 10.8 Å². The molecule has 0 spiro atoms. The lowest BCUT2D eigenvalue weighted by Crippen LogP contribution is -2.36. The second kappa shape index (κ2) is 12.8. The van der Waals surface area contributed by atoms with Crippen LogP contribution in [0, 0.1) is 10.8 Å². The molecule has 0 aromatic heterocycles. The molecule has 2 aliphatic carbocycles. The third kappa shape index (κ3) is 10.5. The van der Waals surface area contributed by atoms with Crippen molar-refractivity contribution in [2.75, 3.05) is 26.4 Å². The number of hydrogen-bond acceptors (Lipinski definition) is 9. The molecule has 9 nitrogen and oxygen atoms in total. The lowest BCUT2D eigenvalue weighted by Gasteiger charge is -2.30. The fraction of sp³-hybridized carbons (Fsp3) is 0.917. The van der Waals surface area contributed by atoms with Gasteiger partial charge in [0, 0.05) is 10.8 Å². The maximum absolute atomic E-state index is 12.0. The van der Waals surface area contributed by atoms with Crippen molar-refractivity contribution in [3.05, 3.63) is 0 Å². The number of ether oxygens (including phenoxy) is 5. The molecule has 0 aromatic rings. The highest BCUT2D eigenvalue weighted by Crippen LogP contribution is 2.25. The molecule has 2 saturated carbocycles. The Morgan fingerprint density at radius 1 is 0.667 bits per heavy atom. The number of hydrogen-bond donors (Lipinski definition) is 2. The first-order chi connectivity index (χ1) is 15.5. The van der Waals surface area contributed by atoms with Gasteiger partial charge in [0.15, 0.2) is 0 Å². The lowest BCUT2D eigenvalue weighted by atomic mass is 9.94. The van der Waals surface area contributed by atoms with Crippen molar-refractivity contribution >= 4 is 12.3 Å². The molecule has 4 unspecified atom stereocenters. The first kappa shape index (κ1) is 27.7. The van der Waals surface area contributed by atoms with Crippen molar-refractivity contribution in [3.63, 3.8) is 0 Å². The van der Waals surface area contributed by atoms with E-state index < -0.39 is 47.6 Å². The minimum Gasteiger partial charge on any atom is -0.434 e. The van der Waals surface area contributed by atoms with E-state index in [0.29, 0.717) is 38.9 Å². The number of aliphatic hydroxyl groups is 2. The Hall–Kier alpha value is -1.58. The smallest absolute Gasteiger partial charge is 0.434 e. The molecule has 2 N–H and O–H groups in total. The van der Waals surface area contributed by atoms with E-state index in [1.807, 2.05) is 27.7 Å². The Balaban J connectivity index is 1.62. The first-order valence-corrected chi connectivity index (χ1v) is 12.1. The van der Waals surface area contributed by atoms with Gasteiger partial charge in [0.1, 0.15) is 25.4 Å². The lowest BCUT2D eigenvalue weighted by molar-refractivity contribution is -0.0730. The van der Waals surface area contributed by atoms with Crippen molar-refractivity contribution in [3.8, 4) is 0 Å². The van der Waals surface area contributed by atoms with E-state index >= 15 is 0 Å². The molecule has 192 valence electrons. The van der Waals surface area contributed by atoms with E-state index in [2.05, 4.69) is 0 Å². The average Bonchev–Trinajstić information content (AvgIpc) is 2.74. The van der Waals surface area contributed by atoms with Gasteiger partial charge in [-0.1, -0.05) is 40.5 Å². The summed E-state index contributed by atoms with van der Waals surface area (Å²) in [4.78, 5) is 24.0. The number of rotatable bonds is 10. The third-order valence-corrected chi connectivity index (χ3v) is 5.98. The van der Waals surface area contributed by atoms with Crippen LogP contribution in [0.1, 0.15) is 79.1 Å². The number of carbonyl (C=O) groups excluding carboxylic acids is 2. The summed E-state index contributed by atoms with van der Waals surface area (Å²) in [5, 5.41) is 19.8. The van der Waals surface area contributed by atoms with Gasteiger partial charge in [-0.15, -0.1) is 0 Å². The van der Waals surface area contributed by atoms with Gasteiger partial charge in [-0.3, -0.25) is 0 Å². The zero-order valence-corrected chi connectivity index (χ0v) is 20.5. The van der Waals surface area contributed by atoms with Gasteiger partial charge in [-0.05, 0) is 38.5 Å². The largest absolute Gasteiger partial charge is 0.508 e. The third-order valence-electron chi connectivity index (χ3n) is 5.98. The standard InChI is InChI=1S/C24H42O9/c1-23(2,15-30-21(27)32-19-11-7-5-9-17(19)25)13-29-14-24(3,4)16-31-22(28)33-20-12-8-6-10-18(20)26/h17-20,25-26H,5-16H2,1-4H3. The topological polar surface area (TPSA) is 121 Å². The Morgan fingerprint density at radius 2 is 1.03 bits per heavy atom. The summed E-state index contributed by atoms with van der Waals surface area (Å²) in [6.07, 6.45) is 2.49. The molecular weight excluding hydrogens is 432 g/mol. The summed E-state index contributed by atoms with van der Waals surface area (Å²) in [5.41, 5.74) is -0.894. The molecule has 9 heteroatoms. The highest BCUT2D eigenvalue weighted by atomic mass is 16.7. The van der Waals surface area contributed by atoms with Gasteiger partial charge in [0.2, 0.25) is 0 Å². The van der Waals surface area contributed by atoms with Crippen molar-refractivity contribution in [1.29, 1.82) is 0 Å². The second-order valence-electron chi connectivity index (χ2n) is 10.9. The molecule has 0 bridgehead atoms. The molecule has 0 heterocycles. The predicted octanol–water partition coefficient (Wildman–Crippen LogP) is 3.97. The van der Waals surface area contributed by atoms with E-state index in [0.717, 1.165) is 25.7 Å². The molecule has 4 atom stereocenters. The van der Waals surface area contributed by atoms with Crippen molar-refractivity contribution in [1.82, 2.24) is 0 Å². The summed E-state index contributed by atoms with van der Waals surface area (Å²) in [6, 6.07) is 0. The molecule has 0 aromatic carbocycles. The van der Waals surface area contributed by atoms with E-state index in [1.165, 1.54) is 0 Å². The minimum atomic E-state index is -0.774. The quantitative estimate of drug-likeness (QED) is 0.453. The molecule has 0 aliphatic heterocycles. The van der Waals surface area contributed by atoms with E-state index in [4.69, 9.17) is 23.7 Å². The van der Waals surface area contributed by atoms with Gasteiger partial charge in [-0.25, -0.2) is 9.59 Å². The van der Waals surface area contributed by atoms with Gasteiger partial charge in [0.05, 0.1) is 25.4 Å². The summed E-state index contributed by atoms with van der Waals surface area (Å²) >= 11 is 0. The summed E-state index contributed by atoms with van der Waals surface area (Å²) in [6.45, 7) is 8.52. The summed E-state index contributed by atoms with van der Waals surface area (Å²) in [5.74, 6) is 0. The van der Waals surface area contributed by atoms with Crippen LogP contribution >= 0.6 is 0 Å². The fourth-order valence-corrected chi connectivity index (χ4v) is 3.94. The first-order valence-electron chi connectivity index (χ1n) is 12.1. The molecule has 0 saturated heterocycles. The molecule has 33 heavy (non-hydrogen) atoms. The highest BCUT2D eigenvalue weighted by Gasteiger charge is 2.30. The Kier molecular flexibility index (Phi) is 10.7. The monoisotopic (exact) mass is 474 g/mol. The van der Waals surface area contributed by atoms with Crippen molar-refractivity contribution in [2.45, 2.75) is 103 Å². The molecule has 2 rings (SSSR count). The molecule has 2 aliphatic rings. The highest BCUT2D eigenvalue weighted by molar-refractivity contribution is 5.60. The van der Waals surface area contributed by atoms with Crippen LogP contribution in [0.15, 0.2) is 0 Å². The molecule has 0 radical (unpaired) electrons. The van der Waals surface area contributed by atoms with Crippen LogP contribution in [0.2, 0.25) is 0 Å². The maximum Gasteiger partial charge on any atom is 0.508 e. The second-order valence-corrected chi connectivity index (χ2v) is 10.9. The van der Waals surface area contributed by atoms with Gasteiger partial charge < -0.3 is 33.9 Å². The number of aliphatic hydroxyl groups excluding tert-OH is 2. The zero-order chi connectivity index (χ0) is 24.5. The molecule has 0 amide bonds. The van der Waals surface area contributed by atoms with Crippen LogP contribution in [0.3, 0.4) is 0 Å². The zero-order valence-electron chi connectivity index (χ0n) is 20.5. The number of carbonyl (C=O) groups is 2. The Labute approximate surface area is 197 Å². The Bertz CT molecular complexity index is 567. The summed E-state index contributed by atoms with van der Waals surface area (Å²) < 4.78 is 26.8.